The largest absolute Gasteiger partial charge is 0.368 e. The van der Waals surface area contributed by atoms with Crippen molar-refractivity contribution in [3.8, 4) is 0 Å². The summed E-state index contributed by atoms with van der Waals surface area (Å²) < 4.78 is 0. The lowest BCUT2D eigenvalue weighted by atomic mass is 9.72. The van der Waals surface area contributed by atoms with Crippen LogP contribution in [-0.2, 0) is 9.59 Å². The summed E-state index contributed by atoms with van der Waals surface area (Å²) in [5.41, 5.74) is 4.89. The SMILES string of the molecule is NC(=O)C1CCN1C(=O)C12CC(CN1)C2. The van der Waals surface area contributed by atoms with Gasteiger partial charge in [0, 0.05) is 6.54 Å². The lowest BCUT2D eigenvalue weighted by Gasteiger charge is -2.46. The Morgan fingerprint density at radius 1 is 1.40 bits per heavy atom. The molecule has 4 rings (SSSR count). The predicted octanol–water partition coefficient (Wildman–Crippen LogP) is -1.18. The van der Waals surface area contributed by atoms with Crippen LogP contribution in [-0.4, -0.2) is 41.4 Å². The van der Waals surface area contributed by atoms with Gasteiger partial charge in [-0.05, 0) is 31.7 Å². The normalized spacial score (nSPS) is 42.0. The minimum absolute atomic E-state index is 0.0892. The highest BCUT2D eigenvalue weighted by Gasteiger charge is 2.58. The second-order valence-corrected chi connectivity index (χ2v) is 4.94. The van der Waals surface area contributed by atoms with Crippen LogP contribution < -0.4 is 11.1 Å². The smallest absolute Gasteiger partial charge is 0.243 e. The Bertz CT molecular complexity index is 330. The van der Waals surface area contributed by atoms with E-state index in [2.05, 4.69) is 5.32 Å². The molecule has 1 atom stereocenters. The van der Waals surface area contributed by atoms with E-state index in [1.165, 1.54) is 0 Å². The van der Waals surface area contributed by atoms with Gasteiger partial charge < -0.3 is 16.0 Å². The molecule has 1 unspecified atom stereocenters. The third-order valence-corrected chi connectivity index (χ3v) is 4.02. The Kier molecular flexibility index (Phi) is 1.66. The average molecular weight is 209 g/mol. The number of nitrogens with two attached hydrogens (primary N) is 1. The zero-order valence-corrected chi connectivity index (χ0v) is 8.53. The maximum Gasteiger partial charge on any atom is 0.243 e. The minimum atomic E-state index is -0.375. The fraction of sp³-hybridized carbons (Fsp3) is 0.800. The van der Waals surface area contributed by atoms with Gasteiger partial charge >= 0.3 is 0 Å². The number of carbonyl (C=O) groups excluding carboxylic acids is 2. The van der Waals surface area contributed by atoms with Gasteiger partial charge in [-0.2, -0.15) is 0 Å². The summed E-state index contributed by atoms with van der Waals surface area (Å²) in [6, 6.07) is -0.353. The van der Waals surface area contributed by atoms with Crippen LogP contribution in [0.15, 0.2) is 0 Å². The molecule has 4 fully saturated rings. The minimum Gasteiger partial charge on any atom is -0.368 e. The molecule has 2 bridgehead atoms. The number of fused-ring (bicyclic) bond motifs is 1. The van der Waals surface area contributed by atoms with Crippen LogP contribution in [0.1, 0.15) is 19.3 Å². The first-order valence-corrected chi connectivity index (χ1v) is 5.48. The lowest BCUT2D eigenvalue weighted by molar-refractivity contribution is -0.153. The average Bonchev–Trinajstić information content (AvgIpc) is 2.56. The van der Waals surface area contributed by atoms with Crippen LogP contribution in [0.4, 0.5) is 0 Å². The van der Waals surface area contributed by atoms with Gasteiger partial charge in [-0.15, -0.1) is 0 Å². The first-order chi connectivity index (χ1) is 7.12. The number of nitrogens with one attached hydrogen (secondary N) is 1. The quantitative estimate of drug-likeness (QED) is 0.601. The van der Waals surface area contributed by atoms with Crippen LogP contribution >= 0.6 is 0 Å². The van der Waals surface area contributed by atoms with Gasteiger partial charge in [0.2, 0.25) is 11.8 Å². The van der Waals surface area contributed by atoms with Crippen molar-refractivity contribution in [1.82, 2.24) is 10.2 Å². The van der Waals surface area contributed by atoms with E-state index in [1.54, 1.807) is 4.90 Å². The van der Waals surface area contributed by atoms with Gasteiger partial charge in [-0.3, -0.25) is 9.59 Å². The zero-order chi connectivity index (χ0) is 10.6. The molecule has 3 saturated heterocycles. The number of likely N-dealkylation sites (tertiary alicyclic amines) is 1. The van der Waals surface area contributed by atoms with Crippen molar-refractivity contribution in [3.05, 3.63) is 0 Å². The summed E-state index contributed by atoms with van der Waals surface area (Å²) >= 11 is 0. The van der Waals surface area contributed by atoms with E-state index >= 15 is 0 Å². The van der Waals surface area contributed by atoms with Crippen molar-refractivity contribution in [1.29, 1.82) is 0 Å². The van der Waals surface area contributed by atoms with Gasteiger partial charge in [0.1, 0.15) is 6.04 Å². The number of nitrogens with zero attached hydrogens (tertiary/aromatic N) is 1. The molecule has 0 spiro atoms. The van der Waals surface area contributed by atoms with Crippen LogP contribution in [0.3, 0.4) is 0 Å². The molecule has 3 N–H and O–H groups in total. The highest BCUT2D eigenvalue weighted by atomic mass is 16.2. The molecular formula is C10H15N3O2. The van der Waals surface area contributed by atoms with Gasteiger partial charge in [0.15, 0.2) is 0 Å². The second kappa shape index (κ2) is 2.72. The van der Waals surface area contributed by atoms with Gasteiger partial charge in [-0.1, -0.05) is 0 Å². The van der Waals surface area contributed by atoms with Crippen molar-refractivity contribution in [2.24, 2.45) is 11.7 Å². The van der Waals surface area contributed by atoms with Gasteiger partial charge in [-0.25, -0.2) is 0 Å². The maximum atomic E-state index is 12.2. The Morgan fingerprint density at radius 2 is 2.13 bits per heavy atom. The molecule has 0 aromatic rings. The molecule has 0 aromatic heterocycles. The van der Waals surface area contributed by atoms with Crippen molar-refractivity contribution in [2.75, 3.05) is 13.1 Å². The monoisotopic (exact) mass is 209 g/mol. The van der Waals surface area contributed by atoms with Gasteiger partial charge in [0.05, 0.1) is 5.54 Å². The van der Waals surface area contributed by atoms with E-state index in [-0.39, 0.29) is 23.4 Å². The molecule has 5 heteroatoms. The van der Waals surface area contributed by atoms with E-state index in [0.29, 0.717) is 12.5 Å². The van der Waals surface area contributed by atoms with E-state index < -0.39 is 0 Å². The van der Waals surface area contributed by atoms with Gasteiger partial charge in [0.25, 0.3) is 0 Å². The molecule has 0 radical (unpaired) electrons. The van der Waals surface area contributed by atoms with Crippen molar-refractivity contribution in [2.45, 2.75) is 30.8 Å². The Labute approximate surface area is 88.0 Å². The maximum absolute atomic E-state index is 12.2. The molecular weight excluding hydrogens is 194 g/mol. The molecule has 15 heavy (non-hydrogen) atoms. The zero-order valence-electron chi connectivity index (χ0n) is 8.53. The Hall–Kier alpha value is -1.10. The number of primary amides is 1. The summed E-state index contributed by atoms with van der Waals surface area (Å²) in [6.07, 6.45) is 2.60. The molecule has 5 nitrogen and oxygen atoms in total. The van der Waals surface area contributed by atoms with E-state index in [0.717, 1.165) is 25.8 Å². The number of carbonyl (C=O) groups is 2. The Morgan fingerprint density at radius 3 is 2.53 bits per heavy atom. The fourth-order valence-electron chi connectivity index (χ4n) is 3.01. The van der Waals surface area contributed by atoms with Crippen molar-refractivity contribution in [3.63, 3.8) is 0 Å². The molecule has 1 saturated carbocycles. The molecule has 0 aromatic carbocycles. The highest BCUT2D eigenvalue weighted by Crippen LogP contribution is 2.45. The topological polar surface area (TPSA) is 75.4 Å². The summed E-state index contributed by atoms with van der Waals surface area (Å²) in [7, 11) is 0. The van der Waals surface area contributed by atoms with Crippen molar-refractivity contribution < 1.29 is 9.59 Å². The predicted molar refractivity (Wildman–Crippen MR) is 52.8 cm³/mol. The third kappa shape index (κ3) is 1.07. The van der Waals surface area contributed by atoms with E-state index in [1.807, 2.05) is 0 Å². The van der Waals surface area contributed by atoms with Crippen LogP contribution in [0, 0.1) is 5.92 Å². The first kappa shape index (κ1) is 9.15. The molecule has 3 aliphatic heterocycles. The van der Waals surface area contributed by atoms with E-state index in [4.69, 9.17) is 5.73 Å². The standard InChI is InChI=1S/C10H15N3O2/c11-8(14)7-1-2-13(7)9(15)10-3-6(4-10)5-12-10/h6-7,12H,1-5H2,(H2,11,14). The van der Waals surface area contributed by atoms with Crippen LogP contribution in [0.5, 0.6) is 0 Å². The highest BCUT2D eigenvalue weighted by molar-refractivity contribution is 5.94. The van der Waals surface area contributed by atoms with E-state index in [9.17, 15) is 9.59 Å². The van der Waals surface area contributed by atoms with Crippen LogP contribution in [0.25, 0.3) is 0 Å². The number of hydrogen-bond donors (Lipinski definition) is 2. The summed E-state index contributed by atoms with van der Waals surface area (Å²) in [4.78, 5) is 24.8. The number of hydrogen-bond acceptors (Lipinski definition) is 3. The Balaban J connectivity index is 1.73. The second-order valence-electron chi connectivity index (χ2n) is 4.94. The third-order valence-electron chi connectivity index (χ3n) is 4.02. The fourth-order valence-corrected chi connectivity index (χ4v) is 3.01. The molecule has 1 aliphatic carbocycles. The summed E-state index contributed by atoms with van der Waals surface area (Å²) in [5, 5.41) is 3.27. The summed E-state index contributed by atoms with van der Waals surface area (Å²) in [5.74, 6) is 0.383. The summed E-state index contributed by atoms with van der Waals surface area (Å²) in [6.45, 7) is 1.63. The molecule has 3 heterocycles. The number of amides is 2. The molecule has 82 valence electrons. The lowest BCUT2D eigenvalue weighted by Crippen LogP contribution is -2.66. The molecule has 2 amide bonds. The van der Waals surface area contributed by atoms with Crippen LogP contribution in [0.2, 0.25) is 0 Å². The van der Waals surface area contributed by atoms with Crippen molar-refractivity contribution >= 4 is 11.8 Å². The first-order valence-electron chi connectivity index (χ1n) is 5.48. The number of rotatable bonds is 2. The molecule has 4 aliphatic rings.